The number of carbonyl (C=O) groups is 1. The number of nitrogens with zero attached hydrogens (tertiary/aromatic N) is 4. The van der Waals surface area contributed by atoms with Crippen molar-refractivity contribution < 1.29 is 23.7 Å². The number of hydrogen-bond acceptors (Lipinski definition) is 8. The van der Waals surface area contributed by atoms with E-state index in [4.69, 9.17) is 29.0 Å². The van der Waals surface area contributed by atoms with E-state index in [0.29, 0.717) is 36.6 Å². The molecule has 0 N–H and O–H groups in total. The van der Waals surface area contributed by atoms with Gasteiger partial charge in [0.25, 0.3) is 0 Å². The number of aromatic nitrogens is 3. The Balaban J connectivity index is 1.65. The largest absolute Gasteiger partial charge is 0.490 e. The molecule has 2 unspecified atom stereocenters. The summed E-state index contributed by atoms with van der Waals surface area (Å²) in [6.07, 6.45) is 4.97. The highest BCUT2D eigenvalue weighted by Gasteiger charge is 2.38. The number of anilines is 1. The van der Waals surface area contributed by atoms with Gasteiger partial charge in [0, 0.05) is 42.4 Å². The van der Waals surface area contributed by atoms with E-state index in [-0.39, 0.29) is 11.7 Å². The lowest BCUT2D eigenvalue weighted by Gasteiger charge is -2.41. The number of methoxy groups -OCH3 is 1. The van der Waals surface area contributed by atoms with E-state index in [2.05, 4.69) is 76.1 Å². The van der Waals surface area contributed by atoms with Crippen LogP contribution in [0.2, 0.25) is 0 Å². The van der Waals surface area contributed by atoms with Crippen LogP contribution in [0.5, 0.6) is 5.75 Å². The molecule has 0 saturated carbocycles. The zero-order chi connectivity index (χ0) is 37.1. The smallest absolute Gasteiger partial charge is 0.339 e. The molecule has 2 atom stereocenters. The van der Waals surface area contributed by atoms with Crippen molar-refractivity contribution >= 4 is 17.4 Å². The summed E-state index contributed by atoms with van der Waals surface area (Å²) in [4.78, 5) is 20.7. The van der Waals surface area contributed by atoms with Crippen molar-refractivity contribution in [3.63, 3.8) is 0 Å². The Kier molecular flexibility index (Phi) is 11.4. The molecule has 9 heteroatoms. The number of carbonyl (C=O) groups excluding carboxylic acids is 1. The number of esters is 1. The van der Waals surface area contributed by atoms with Crippen LogP contribution in [0.1, 0.15) is 82.4 Å². The first-order valence-electron chi connectivity index (χ1n) is 17.8. The molecule has 0 radical (unpaired) electrons. The number of benzene rings is 2. The Labute approximate surface area is 303 Å². The maximum Gasteiger partial charge on any atom is 0.339 e. The SMILES string of the molecule is C=CCOC1(C)CCN(c2c(C(OC(C)(C)C)C(=O)OC)c(C)nc3cc(-c4cccc(-c5cc(C)c(C)cc5OC(C)CC=C)c4)nn23)CC1. The minimum absolute atomic E-state index is 0.0100. The summed E-state index contributed by atoms with van der Waals surface area (Å²) in [7, 11) is 1.39. The quantitative estimate of drug-likeness (QED) is 0.101. The first-order valence-corrected chi connectivity index (χ1v) is 17.8. The average Bonchev–Trinajstić information content (AvgIpc) is 3.51. The summed E-state index contributed by atoms with van der Waals surface area (Å²) in [6, 6.07) is 14.7. The zero-order valence-corrected chi connectivity index (χ0v) is 31.8. The van der Waals surface area contributed by atoms with Crippen molar-refractivity contribution in [3.8, 4) is 28.1 Å². The Morgan fingerprint density at radius 3 is 2.35 bits per heavy atom. The van der Waals surface area contributed by atoms with Gasteiger partial charge in [0.15, 0.2) is 11.8 Å². The number of rotatable bonds is 13. The van der Waals surface area contributed by atoms with E-state index >= 15 is 0 Å². The van der Waals surface area contributed by atoms with Crippen LogP contribution in [0.15, 0.2) is 67.8 Å². The average molecular weight is 695 g/mol. The van der Waals surface area contributed by atoms with Crippen LogP contribution in [-0.2, 0) is 19.0 Å². The number of hydrogen-bond donors (Lipinski definition) is 0. The zero-order valence-electron chi connectivity index (χ0n) is 31.8. The first kappa shape index (κ1) is 37.8. The van der Waals surface area contributed by atoms with Gasteiger partial charge in [-0.2, -0.15) is 9.61 Å². The third kappa shape index (κ3) is 8.54. The minimum Gasteiger partial charge on any atom is -0.490 e. The lowest BCUT2D eigenvalue weighted by molar-refractivity contribution is -0.164. The lowest BCUT2D eigenvalue weighted by Crippen LogP contribution is -2.45. The maximum absolute atomic E-state index is 13.4. The van der Waals surface area contributed by atoms with Gasteiger partial charge in [-0.15, -0.1) is 13.2 Å². The van der Waals surface area contributed by atoms with Crippen LogP contribution in [-0.4, -0.2) is 64.7 Å². The van der Waals surface area contributed by atoms with Crippen LogP contribution in [0.4, 0.5) is 5.82 Å². The van der Waals surface area contributed by atoms with Crippen molar-refractivity contribution in [2.45, 2.75) is 98.1 Å². The Hall–Kier alpha value is -4.47. The number of aryl methyl sites for hydroxylation is 3. The summed E-state index contributed by atoms with van der Waals surface area (Å²) in [5, 5.41) is 5.19. The topological polar surface area (TPSA) is 87.4 Å². The minimum atomic E-state index is -1.00. The molecule has 272 valence electrons. The highest BCUT2D eigenvalue weighted by molar-refractivity contribution is 5.81. The highest BCUT2D eigenvalue weighted by atomic mass is 16.6. The van der Waals surface area contributed by atoms with Crippen LogP contribution in [0, 0.1) is 20.8 Å². The molecule has 1 aliphatic heterocycles. The number of piperidine rings is 1. The van der Waals surface area contributed by atoms with Crippen LogP contribution in [0.3, 0.4) is 0 Å². The van der Waals surface area contributed by atoms with Crippen molar-refractivity contribution in [2.75, 3.05) is 31.7 Å². The van der Waals surface area contributed by atoms with E-state index in [1.165, 1.54) is 18.2 Å². The van der Waals surface area contributed by atoms with Gasteiger partial charge in [0.05, 0.1) is 42.3 Å². The molecular formula is C42H54N4O5. The molecule has 0 bridgehead atoms. The molecule has 0 spiro atoms. The third-order valence-corrected chi connectivity index (χ3v) is 9.52. The summed E-state index contributed by atoms with van der Waals surface area (Å²) in [6.45, 7) is 25.7. The maximum atomic E-state index is 13.4. The van der Waals surface area contributed by atoms with Gasteiger partial charge in [0.1, 0.15) is 11.6 Å². The molecule has 1 aliphatic rings. The predicted molar refractivity (Wildman–Crippen MR) is 205 cm³/mol. The van der Waals surface area contributed by atoms with Gasteiger partial charge in [-0.1, -0.05) is 30.4 Å². The fraction of sp³-hybridized carbons (Fsp3) is 0.452. The molecule has 4 aromatic rings. The Bertz CT molecular complexity index is 1900. The molecule has 9 nitrogen and oxygen atoms in total. The van der Waals surface area contributed by atoms with Crippen molar-refractivity contribution in [1.29, 1.82) is 0 Å². The molecule has 0 aliphatic carbocycles. The Morgan fingerprint density at radius 2 is 1.71 bits per heavy atom. The van der Waals surface area contributed by atoms with Crippen LogP contribution < -0.4 is 9.64 Å². The first-order chi connectivity index (χ1) is 24.2. The van der Waals surface area contributed by atoms with Gasteiger partial charge in [-0.25, -0.2) is 9.78 Å². The molecule has 51 heavy (non-hydrogen) atoms. The summed E-state index contributed by atoms with van der Waals surface area (Å²) in [5.41, 5.74) is 7.19. The van der Waals surface area contributed by atoms with E-state index in [1.807, 2.05) is 50.4 Å². The molecule has 2 aromatic carbocycles. The van der Waals surface area contributed by atoms with E-state index in [9.17, 15) is 4.79 Å². The monoisotopic (exact) mass is 694 g/mol. The summed E-state index contributed by atoms with van der Waals surface area (Å²) < 4.78 is 26.2. The van der Waals surface area contributed by atoms with E-state index < -0.39 is 17.7 Å². The molecule has 1 fully saturated rings. The lowest BCUT2D eigenvalue weighted by atomic mass is 9.92. The summed E-state index contributed by atoms with van der Waals surface area (Å²) >= 11 is 0. The van der Waals surface area contributed by atoms with Gasteiger partial charge in [-0.05, 0) is 103 Å². The van der Waals surface area contributed by atoms with Gasteiger partial charge >= 0.3 is 5.97 Å². The molecule has 2 aromatic heterocycles. The summed E-state index contributed by atoms with van der Waals surface area (Å²) in [5.74, 6) is 1.12. The second-order valence-corrected chi connectivity index (χ2v) is 14.9. The predicted octanol–water partition coefficient (Wildman–Crippen LogP) is 8.92. The van der Waals surface area contributed by atoms with Gasteiger partial charge in [0.2, 0.25) is 0 Å². The normalized spacial score (nSPS) is 15.7. The standard InChI is InChI=1S/C42H54N4O5/c1-12-15-29(5)50-35-24-28(4)27(3)23-33(35)31-16-14-17-32(25-31)34-26-36-43-30(6)37(38(40(47)48-11)51-41(7,8)9)39(46(36)44-34)45-20-18-42(10,19-21-45)49-22-13-2/h12-14,16-17,23-26,29,38H,1-2,15,18-22H2,3-11H3. The van der Waals surface area contributed by atoms with Crippen LogP contribution >= 0.6 is 0 Å². The van der Waals surface area contributed by atoms with E-state index in [1.54, 1.807) is 6.08 Å². The molecule has 0 amide bonds. The van der Waals surface area contributed by atoms with Gasteiger partial charge in [-0.3, -0.25) is 0 Å². The fourth-order valence-corrected chi connectivity index (χ4v) is 6.61. The second kappa shape index (κ2) is 15.4. The van der Waals surface area contributed by atoms with Gasteiger partial charge < -0.3 is 23.8 Å². The van der Waals surface area contributed by atoms with Crippen LogP contribution in [0.25, 0.3) is 28.0 Å². The third-order valence-electron chi connectivity index (χ3n) is 9.52. The number of ether oxygens (including phenoxy) is 4. The Morgan fingerprint density at radius 1 is 1.02 bits per heavy atom. The highest BCUT2D eigenvalue weighted by Crippen LogP contribution is 2.40. The molecule has 5 rings (SSSR count). The van der Waals surface area contributed by atoms with Crippen molar-refractivity contribution in [1.82, 2.24) is 14.6 Å². The molecule has 1 saturated heterocycles. The van der Waals surface area contributed by atoms with Crippen molar-refractivity contribution in [2.24, 2.45) is 0 Å². The van der Waals surface area contributed by atoms with Crippen molar-refractivity contribution in [3.05, 3.63) is 90.2 Å². The molecule has 3 heterocycles. The fourth-order valence-electron chi connectivity index (χ4n) is 6.61. The van der Waals surface area contributed by atoms with E-state index in [0.717, 1.165) is 53.2 Å². The second-order valence-electron chi connectivity index (χ2n) is 14.9. The number of fused-ring (bicyclic) bond motifs is 1. The molecular weight excluding hydrogens is 640 g/mol.